The zero-order valence-electron chi connectivity index (χ0n) is 11.7. The van der Waals surface area contributed by atoms with Gasteiger partial charge in [-0.25, -0.2) is 8.42 Å². The number of sulfone groups is 1. The smallest absolute Gasteiger partial charge is 0.154 e. The van der Waals surface area contributed by atoms with Gasteiger partial charge in [0.25, 0.3) is 0 Å². The Morgan fingerprint density at radius 3 is 2.65 bits per heavy atom. The van der Waals surface area contributed by atoms with E-state index in [1.54, 1.807) is 20.1 Å². The number of methoxy groups -OCH3 is 1. The normalized spacial score (nSPS) is 29.4. The van der Waals surface area contributed by atoms with Gasteiger partial charge in [-0.3, -0.25) is 0 Å². The fraction of sp³-hybridized carbons (Fsp3) is 0.571. The van der Waals surface area contributed by atoms with Gasteiger partial charge in [0.15, 0.2) is 9.84 Å². The average molecular weight is 318 g/mol. The summed E-state index contributed by atoms with van der Waals surface area (Å²) in [6.07, 6.45) is 0. The molecule has 2 N–H and O–H groups in total. The Morgan fingerprint density at radius 2 is 2.15 bits per heavy atom. The molecule has 20 heavy (non-hydrogen) atoms. The zero-order chi connectivity index (χ0) is 15.0. The standard InChI is InChI=1S/C14H20ClNO3S/c1-3-20(17,18)13-12(14(13,8-16)9-19-2)10-5-4-6-11(15)7-10/h4-7,12-13H,3,8-9,16H2,1-2H3. The number of hydrogen-bond donors (Lipinski definition) is 1. The van der Waals surface area contributed by atoms with Crippen LogP contribution >= 0.6 is 11.6 Å². The van der Waals surface area contributed by atoms with Crippen molar-refractivity contribution in [1.29, 1.82) is 0 Å². The van der Waals surface area contributed by atoms with E-state index in [1.165, 1.54) is 0 Å². The first kappa shape index (κ1) is 15.8. The molecular weight excluding hydrogens is 298 g/mol. The van der Waals surface area contributed by atoms with Crippen LogP contribution in [0.3, 0.4) is 0 Å². The Kier molecular flexibility index (Phi) is 4.44. The van der Waals surface area contributed by atoms with Gasteiger partial charge in [0.1, 0.15) is 0 Å². The maximum Gasteiger partial charge on any atom is 0.154 e. The largest absolute Gasteiger partial charge is 0.384 e. The Balaban J connectivity index is 2.45. The van der Waals surface area contributed by atoms with E-state index in [1.807, 2.05) is 18.2 Å². The lowest BCUT2D eigenvalue weighted by Crippen LogP contribution is -2.28. The Morgan fingerprint density at radius 1 is 1.45 bits per heavy atom. The lowest BCUT2D eigenvalue weighted by atomic mass is 10.00. The van der Waals surface area contributed by atoms with Crippen LogP contribution in [0.15, 0.2) is 24.3 Å². The molecule has 0 bridgehead atoms. The Bertz CT molecular complexity index is 590. The number of nitrogens with two attached hydrogens (primary N) is 1. The summed E-state index contributed by atoms with van der Waals surface area (Å²) < 4.78 is 29.9. The molecule has 0 aliphatic heterocycles. The minimum atomic E-state index is -3.18. The lowest BCUT2D eigenvalue weighted by molar-refractivity contribution is 0.142. The minimum Gasteiger partial charge on any atom is -0.384 e. The van der Waals surface area contributed by atoms with E-state index in [2.05, 4.69) is 0 Å². The third-order valence-electron chi connectivity index (χ3n) is 4.17. The molecule has 0 amide bonds. The van der Waals surface area contributed by atoms with Gasteiger partial charge in [0, 0.05) is 35.8 Å². The second-order valence-corrected chi connectivity index (χ2v) is 8.12. The zero-order valence-corrected chi connectivity index (χ0v) is 13.2. The van der Waals surface area contributed by atoms with Gasteiger partial charge in [-0.15, -0.1) is 0 Å². The molecule has 1 aromatic carbocycles. The molecule has 1 aliphatic rings. The quantitative estimate of drug-likeness (QED) is 0.869. The van der Waals surface area contributed by atoms with Crippen LogP contribution in [0.2, 0.25) is 5.02 Å². The van der Waals surface area contributed by atoms with E-state index < -0.39 is 20.5 Å². The van der Waals surface area contributed by atoms with Crippen LogP contribution in [0.25, 0.3) is 0 Å². The molecule has 1 aromatic rings. The monoisotopic (exact) mass is 317 g/mol. The SMILES string of the molecule is CCS(=O)(=O)C1C(c2cccc(Cl)c2)C1(CN)COC. The molecular formula is C14H20ClNO3S. The van der Waals surface area contributed by atoms with Gasteiger partial charge in [-0.05, 0) is 17.7 Å². The molecule has 2 rings (SSSR count). The van der Waals surface area contributed by atoms with Gasteiger partial charge < -0.3 is 10.5 Å². The maximum atomic E-state index is 12.3. The number of hydrogen-bond acceptors (Lipinski definition) is 4. The van der Waals surface area contributed by atoms with Gasteiger partial charge >= 0.3 is 0 Å². The molecule has 112 valence electrons. The summed E-state index contributed by atoms with van der Waals surface area (Å²) in [5, 5.41) is 0.119. The van der Waals surface area contributed by atoms with Crippen molar-refractivity contribution in [3.05, 3.63) is 34.9 Å². The van der Waals surface area contributed by atoms with Gasteiger partial charge in [0.05, 0.1) is 11.9 Å². The number of halogens is 1. The van der Waals surface area contributed by atoms with Crippen molar-refractivity contribution in [3.8, 4) is 0 Å². The van der Waals surface area contributed by atoms with Gasteiger partial charge in [-0.1, -0.05) is 30.7 Å². The molecule has 0 spiro atoms. The highest BCUT2D eigenvalue weighted by Crippen LogP contribution is 2.62. The maximum absolute atomic E-state index is 12.3. The van der Waals surface area contributed by atoms with Crippen LogP contribution in [0.1, 0.15) is 18.4 Å². The third-order valence-corrected chi connectivity index (χ3v) is 6.73. The van der Waals surface area contributed by atoms with E-state index in [0.29, 0.717) is 11.6 Å². The average Bonchev–Trinajstić information content (AvgIpc) is 3.09. The molecule has 4 nitrogen and oxygen atoms in total. The molecule has 6 heteroatoms. The first-order valence-electron chi connectivity index (χ1n) is 6.59. The van der Waals surface area contributed by atoms with Crippen molar-refractivity contribution in [2.45, 2.75) is 18.1 Å². The minimum absolute atomic E-state index is 0.111. The summed E-state index contributed by atoms with van der Waals surface area (Å²) in [5.41, 5.74) is 6.27. The van der Waals surface area contributed by atoms with Crippen LogP contribution in [-0.2, 0) is 14.6 Å². The highest BCUT2D eigenvalue weighted by atomic mass is 35.5. The van der Waals surface area contributed by atoms with Gasteiger partial charge in [-0.2, -0.15) is 0 Å². The summed E-state index contributed by atoms with van der Waals surface area (Å²) in [4.78, 5) is 0. The van der Waals surface area contributed by atoms with E-state index in [0.717, 1.165) is 5.56 Å². The van der Waals surface area contributed by atoms with Crippen molar-refractivity contribution in [3.63, 3.8) is 0 Å². The topological polar surface area (TPSA) is 69.4 Å². The summed E-state index contributed by atoms with van der Waals surface area (Å²) >= 11 is 6.01. The first-order chi connectivity index (χ1) is 9.43. The van der Waals surface area contributed by atoms with Crippen molar-refractivity contribution in [1.82, 2.24) is 0 Å². The molecule has 1 saturated carbocycles. The number of ether oxygens (including phenoxy) is 1. The predicted octanol–water partition coefficient (Wildman–Crippen LogP) is 1.83. The first-order valence-corrected chi connectivity index (χ1v) is 8.68. The second-order valence-electron chi connectivity index (χ2n) is 5.28. The molecule has 3 atom stereocenters. The molecule has 0 saturated heterocycles. The summed E-state index contributed by atoms with van der Waals surface area (Å²) in [6, 6.07) is 7.33. The van der Waals surface area contributed by atoms with E-state index in [-0.39, 0.29) is 18.2 Å². The van der Waals surface area contributed by atoms with Crippen molar-refractivity contribution in [2.75, 3.05) is 26.0 Å². The predicted molar refractivity (Wildman–Crippen MR) is 80.8 cm³/mol. The number of benzene rings is 1. The fourth-order valence-electron chi connectivity index (χ4n) is 3.15. The summed E-state index contributed by atoms with van der Waals surface area (Å²) in [5.74, 6) is -0.0312. The van der Waals surface area contributed by atoms with E-state index in [4.69, 9.17) is 22.1 Å². The molecule has 1 fully saturated rings. The highest BCUT2D eigenvalue weighted by molar-refractivity contribution is 7.92. The highest BCUT2D eigenvalue weighted by Gasteiger charge is 2.69. The van der Waals surface area contributed by atoms with Crippen LogP contribution in [0.4, 0.5) is 0 Å². The van der Waals surface area contributed by atoms with Crippen LogP contribution in [0, 0.1) is 5.41 Å². The Hall–Kier alpha value is -0.620. The van der Waals surface area contributed by atoms with Gasteiger partial charge in [0.2, 0.25) is 0 Å². The lowest BCUT2D eigenvalue weighted by Gasteiger charge is -2.14. The fourth-order valence-corrected chi connectivity index (χ4v) is 5.50. The summed E-state index contributed by atoms with van der Waals surface area (Å²) in [7, 11) is -1.61. The van der Waals surface area contributed by atoms with Crippen LogP contribution in [-0.4, -0.2) is 39.7 Å². The third kappa shape index (κ3) is 2.48. The molecule has 0 heterocycles. The number of rotatable bonds is 6. The summed E-state index contributed by atoms with van der Waals surface area (Å²) in [6.45, 7) is 2.28. The molecule has 3 unspecified atom stereocenters. The van der Waals surface area contributed by atoms with Crippen LogP contribution in [0.5, 0.6) is 0 Å². The van der Waals surface area contributed by atoms with Crippen LogP contribution < -0.4 is 5.73 Å². The van der Waals surface area contributed by atoms with Crippen molar-refractivity contribution < 1.29 is 13.2 Å². The van der Waals surface area contributed by atoms with E-state index in [9.17, 15) is 8.42 Å². The molecule has 0 radical (unpaired) electrons. The van der Waals surface area contributed by atoms with Crippen molar-refractivity contribution in [2.24, 2.45) is 11.1 Å². The molecule has 0 aromatic heterocycles. The van der Waals surface area contributed by atoms with Crippen molar-refractivity contribution >= 4 is 21.4 Å². The molecule has 1 aliphatic carbocycles. The Labute approximate surface area is 125 Å². The second kappa shape index (κ2) is 5.64. The van der Waals surface area contributed by atoms with E-state index >= 15 is 0 Å².